The second-order valence-corrected chi connectivity index (χ2v) is 4.09. The van der Waals surface area contributed by atoms with E-state index in [4.69, 9.17) is 18.0 Å². The first-order valence-electron chi connectivity index (χ1n) is 4.85. The number of carbonyl (C=O) groups excluding carboxylic acids is 1. The Balaban J connectivity index is 2.66. The molecule has 0 aliphatic carbocycles. The van der Waals surface area contributed by atoms with Crippen molar-refractivity contribution in [2.75, 3.05) is 0 Å². The number of hydrogen-bond donors (Lipinski definition) is 0. The van der Waals surface area contributed by atoms with Gasteiger partial charge >= 0.3 is 0 Å². The number of Topliss-reactive ketones (excluding diaryl/α,β-unsaturated/α-hetero) is 1. The largest absolute Gasteiger partial charge is 0.294 e. The van der Waals surface area contributed by atoms with Crippen molar-refractivity contribution in [2.45, 2.75) is 19.8 Å². The average Bonchev–Trinajstić information content (AvgIpc) is 2.18. The number of hydrogen-bond acceptors (Lipinski definition) is 1. The van der Waals surface area contributed by atoms with E-state index in [0.717, 1.165) is 0 Å². The number of benzene rings is 1. The molecular formula is C13H13ClO. The summed E-state index contributed by atoms with van der Waals surface area (Å²) in [4.78, 5) is 11.8. The van der Waals surface area contributed by atoms with E-state index in [1.807, 2.05) is 6.92 Å². The topological polar surface area (TPSA) is 17.1 Å². The van der Waals surface area contributed by atoms with Gasteiger partial charge in [0.1, 0.15) is 0 Å². The lowest BCUT2D eigenvalue weighted by Gasteiger charge is -2.06. The highest BCUT2D eigenvalue weighted by atomic mass is 35.5. The van der Waals surface area contributed by atoms with Crippen LogP contribution in [0.25, 0.3) is 0 Å². The fraction of sp³-hybridized carbons (Fsp3) is 0.308. The van der Waals surface area contributed by atoms with Crippen LogP contribution in [-0.4, -0.2) is 5.78 Å². The monoisotopic (exact) mass is 220 g/mol. The van der Waals surface area contributed by atoms with Gasteiger partial charge in [-0.05, 0) is 18.1 Å². The van der Waals surface area contributed by atoms with Gasteiger partial charge < -0.3 is 0 Å². The zero-order valence-electron chi connectivity index (χ0n) is 8.66. The second kappa shape index (κ2) is 5.58. The maximum atomic E-state index is 11.8. The Bertz CT molecular complexity index is 390. The predicted octanol–water partition coefficient (Wildman–Crippen LogP) is 3.57. The van der Waals surface area contributed by atoms with E-state index in [1.165, 1.54) is 0 Å². The maximum Gasteiger partial charge on any atom is 0.163 e. The van der Waals surface area contributed by atoms with E-state index in [9.17, 15) is 4.79 Å². The molecule has 0 amide bonds. The van der Waals surface area contributed by atoms with Gasteiger partial charge in [-0.3, -0.25) is 4.79 Å². The van der Waals surface area contributed by atoms with Crippen LogP contribution in [0.1, 0.15) is 30.1 Å². The van der Waals surface area contributed by atoms with Gasteiger partial charge in [-0.1, -0.05) is 30.7 Å². The Morgan fingerprint density at radius 3 is 2.93 bits per heavy atom. The molecule has 0 aromatic heterocycles. The minimum absolute atomic E-state index is 0.0975. The number of ketones is 1. The van der Waals surface area contributed by atoms with Gasteiger partial charge in [0.15, 0.2) is 5.78 Å². The molecule has 15 heavy (non-hydrogen) atoms. The molecule has 78 valence electrons. The Kier molecular flexibility index (Phi) is 4.39. The Morgan fingerprint density at radius 2 is 2.33 bits per heavy atom. The Labute approximate surface area is 95.5 Å². The van der Waals surface area contributed by atoms with Gasteiger partial charge in [0, 0.05) is 23.4 Å². The average molecular weight is 221 g/mol. The third-order valence-corrected chi connectivity index (χ3v) is 2.38. The summed E-state index contributed by atoms with van der Waals surface area (Å²) in [6.07, 6.45) is 6.29. The molecule has 0 spiro atoms. The second-order valence-electron chi connectivity index (χ2n) is 3.65. The summed E-state index contributed by atoms with van der Waals surface area (Å²) < 4.78 is 0. The summed E-state index contributed by atoms with van der Waals surface area (Å²) in [7, 11) is 0. The van der Waals surface area contributed by atoms with Gasteiger partial charge in [-0.15, -0.1) is 12.3 Å². The first kappa shape index (κ1) is 11.8. The fourth-order valence-electron chi connectivity index (χ4n) is 1.37. The molecule has 0 N–H and O–H groups in total. The van der Waals surface area contributed by atoms with Crippen molar-refractivity contribution < 1.29 is 4.79 Å². The summed E-state index contributed by atoms with van der Waals surface area (Å²) in [5.41, 5.74) is 0.659. The SMILES string of the molecule is C#CCC(C)CC(=O)c1cccc(Cl)c1. The van der Waals surface area contributed by atoms with Crippen molar-refractivity contribution >= 4 is 17.4 Å². The Morgan fingerprint density at radius 1 is 1.60 bits per heavy atom. The zero-order chi connectivity index (χ0) is 11.3. The van der Waals surface area contributed by atoms with Crippen LogP contribution in [0.4, 0.5) is 0 Å². The molecule has 1 aromatic carbocycles. The standard InChI is InChI=1S/C13H13ClO/c1-3-5-10(2)8-13(15)11-6-4-7-12(14)9-11/h1,4,6-7,9-10H,5,8H2,2H3. The molecule has 0 heterocycles. The van der Waals surface area contributed by atoms with E-state index >= 15 is 0 Å². The van der Waals surface area contributed by atoms with Gasteiger partial charge in [0.05, 0.1) is 0 Å². The maximum absolute atomic E-state index is 11.8. The lowest BCUT2D eigenvalue weighted by atomic mass is 9.97. The molecule has 0 bridgehead atoms. The van der Waals surface area contributed by atoms with Crippen molar-refractivity contribution in [3.63, 3.8) is 0 Å². The molecule has 1 rings (SSSR count). The van der Waals surface area contributed by atoms with Crippen LogP contribution < -0.4 is 0 Å². The van der Waals surface area contributed by atoms with Gasteiger partial charge in [0.2, 0.25) is 0 Å². The molecule has 0 aliphatic rings. The summed E-state index contributed by atoms with van der Waals surface area (Å²) in [5.74, 6) is 2.88. The van der Waals surface area contributed by atoms with Gasteiger partial charge in [-0.25, -0.2) is 0 Å². The van der Waals surface area contributed by atoms with Crippen LogP contribution >= 0.6 is 11.6 Å². The van der Waals surface area contributed by atoms with Crippen molar-refractivity contribution in [2.24, 2.45) is 5.92 Å². The number of carbonyl (C=O) groups is 1. The first-order chi connectivity index (χ1) is 7.13. The highest BCUT2D eigenvalue weighted by molar-refractivity contribution is 6.31. The highest BCUT2D eigenvalue weighted by Gasteiger charge is 2.10. The minimum atomic E-state index is 0.0975. The van der Waals surface area contributed by atoms with Crippen molar-refractivity contribution in [3.05, 3.63) is 34.9 Å². The molecule has 0 saturated heterocycles. The van der Waals surface area contributed by atoms with Crippen molar-refractivity contribution in [1.29, 1.82) is 0 Å². The number of rotatable bonds is 4. The highest BCUT2D eigenvalue weighted by Crippen LogP contribution is 2.15. The molecule has 2 heteroatoms. The third-order valence-electron chi connectivity index (χ3n) is 2.15. The van der Waals surface area contributed by atoms with Crippen molar-refractivity contribution in [1.82, 2.24) is 0 Å². The van der Waals surface area contributed by atoms with Crippen LogP contribution in [0.3, 0.4) is 0 Å². The fourth-order valence-corrected chi connectivity index (χ4v) is 1.56. The third kappa shape index (κ3) is 3.77. The summed E-state index contributed by atoms with van der Waals surface area (Å²) in [6.45, 7) is 1.97. The van der Waals surface area contributed by atoms with Crippen molar-refractivity contribution in [3.8, 4) is 12.3 Å². The number of halogens is 1. The predicted molar refractivity (Wildman–Crippen MR) is 63.0 cm³/mol. The minimum Gasteiger partial charge on any atom is -0.294 e. The molecule has 1 atom stereocenters. The van der Waals surface area contributed by atoms with Crippen LogP contribution in [0.5, 0.6) is 0 Å². The molecule has 1 unspecified atom stereocenters. The molecule has 0 saturated carbocycles. The normalized spacial score (nSPS) is 11.8. The number of terminal acetylenes is 1. The Hall–Kier alpha value is -1.26. The van der Waals surface area contributed by atoms with Crippen LogP contribution in [0.2, 0.25) is 5.02 Å². The first-order valence-corrected chi connectivity index (χ1v) is 5.23. The summed E-state index contributed by atoms with van der Waals surface area (Å²) >= 11 is 5.80. The quantitative estimate of drug-likeness (QED) is 0.560. The molecule has 0 aliphatic heterocycles. The van der Waals surface area contributed by atoms with E-state index < -0.39 is 0 Å². The van der Waals surface area contributed by atoms with Crippen LogP contribution in [0.15, 0.2) is 24.3 Å². The summed E-state index contributed by atoms with van der Waals surface area (Å²) in [6, 6.07) is 6.99. The van der Waals surface area contributed by atoms with E-state index in [2.05, 4.69) is 5.92 Å². The molecule has 1 nitrogen and oxygen atoms in total. The zero-order valence-corrected chi connectivity index (χ0v) is 9.42. The van der Waals surface area contributed by atoms with Gasteiger partial charge in [0.25, 0.3) is 0 Å². The van der Waals surface area contributed by atoms with E-state index in [-0.39, 0.29) is 11.7 Å². The summed E-state index contributed by atoms with van der Waals surface area (Å²) in [5, 5.41) is 0.588. The molecule has 0 fully saturated rings. The van der Waals surface area contributed by atoms with Gasteiger partial charge in [-0.2, -0.15) is 0 Å². The molecule has 0 radical (unpaired) electrons. The van der Waals surface area contributed by atoms with Crippen LogP contribution in [0, 0.1) is 18.3 Å². The smallest absolute Gasteiger partial charge is 0.163 e. The lowest BCUT2D eigenvalue weighted by Crippen LogP contribution is -2.05. The van der Waals surface area contributed by atoms with E-state index in [1.54, 1.807) is 24.3 Å². The lowest BCUT2D eigenvalue weighted by molar-refractivity contribution is 0.0965. The van der Waals surface area contributed by atoms with E-state index in [0.29, 0.717) is 23.4 Å². The molecular weight excluding hydrogens is 208 g/mol. The van der Waals surface area contributed by atoms with Crippen LogP contribution in [-0.2, 0) is 0 Å². The molecule has 1 aromatic rings.